The third kappa shape index (κ3) is 1.63. The number of fused-ring (bicyclic) bond motifs is 5. The predicted molar refractivity (Wildman–Crippen MR) is 75.4 cm³/mol. The Balaban J connectivity index is 1.50. The highest BCUT2D eigenvalue weighted by Crippen LogP contribution is 2.66. The number of anilines is 2. The van der Waals surface area contributed by atoms with Gasteiger partial charge in [0.1, 0.15) is 0 Å². The van der Waals surface area contributed by atoms with Crippen molar-refractivity contribution in [2.45, 2.75) is 31.7 Å². The molecule has 0 amide bonds. The van der Waals surface area contributed by atoms with Crippen molar-refractivity contribution in [2.75, 3.05) is 11.1 Å². The van der Waals surface area contributed by atoms with Gasteiger partial charge in [-0.2, -0.15) is 5.26 Å². The summed E-state index contributed by atoms with van der Waals surface area (Å²) in [6.07, 6.45) is 4.77. The Bertz CT molecular complexity index is 544. The molecule has 3 nitrogen and oxygen atoms in total. The molecule has 0 spiro atoms. The number of benzene rings is 1. The van der Waals surface area contributed by atoms with Gasteiger partial charge in [-0.15, -0.1) is 0 Å². The van der Waals surface area contributed by atoms with Gasteiger partial charge in [0.25, 0.3) is 0 Å². The van der Waals surface area contributed by atoms with Crippen LogP contribution in [0.25, 0.3) is 0 Å². The van der Waals surface area contributed by atoms with Gasteiger partial charge in [0.05, 0.1) is 12.5 Å². The molecule has 2 bridgehead atoms. The van der Waals surface area contributed by atoms with Crippen LogP contribution in [0.3, 0.4) is 0 Å². The molecular formula is C16H19N3. The molecule has 1 aromatic rings. The molecule has 0 saturated heterocycles. The van der Waals surface area contributed by atoms with Crippen LogP contribution in [-0.4, -0.2) is 6.04 Å². The van der Waals surface area contributed by atoms with Crippen LogP contribution in [-0.2, 0) is 6.42 Å². The lowest BCUT2D eigenvalue weighted by molar-refractivity contribution is 0.456. The van der Waals surface area contributed by atoms with Crippen molar-refractivity contribution < 1.29 is 0 Å². The van der Waals surface area contributed by atoms with Gasteiger partial charge in [-0.25, -0.2) is 0 Å². The molecule has 19 heavy (non-hydrogen) atoms. The van der Waals surface area contributed by atoms with Crippen LogP contribution in [0.1, 0.15) is 24.8 Å². The average molecular weight is 253 g/mol. The molecule has 1 aromatic carbocycles. The van der Waals surface area contributed by atoms with Crippen molar-refractivity contribution >= 4 is 11.4 Å². The topological polar surface area (TPSA) is 61.8 Å². The highest BCUT2D eigenvalue weighted by Gasteiger charge is 2.64. The number of hydrogen-bond acceptors (Lipinski definition) is 3. The van der Waals surface area contributed by atoms with E-state index >= 15 is 0 Å². The van der Waals surface area contributed by atoms with Gasteiger partial charge in [0.15, 0.2) is 0 Å². The van der Waals surface area contributed by atoms with Crippen molar-refractivity contribution in [1.82, 2.24) is 0 Å². The molecule has 3 aliphatic rings. The van der Waals surface area contributed by atoms with Gasteiger partial charge in [0.2, 0.25) is 0 Å². The Labute approximate surface area is 113 Å². The summed E-state index contributed by atoms with van der Waals surface area (Å²) < 4.78 is 0. The van der Waals surface area contributed by atoms with Gasteiger partial charge < -0.3 is 11.1 Å². The fourth-order valence-electron chi connectivity index (χ4n) is 4.64. The molecule has 0 aliphatic heterocycles. The molecule has 3 fully saturated rings. The highest BCUT2D eigenvalue weighted by atomic mass is 15.0. The minimum absolute atomic E-state index is 0.393. The normalized spacial score (nSPS) is 37.7. The Morgan fingerprint density at radius 1 is 1.26 bits per heavy atom. The highest BCUT2D eigenvalue weighted by molar-refractivity contribution is 5.59. The third-order valence-corrected chi connectivity index (χ3v) is 5.48. The molecular weight excluding hydrogens is 234 g/mol. The second-order valence-corrected chi connectivity index (χ2v) is 6.41. The van der Waals surface area contributed by atoms with Crippen LogP contribution in [0.4, 0.5) is 11.4 Å². The second kappa shape index (κ2) is 3.90. The van der Waals surface area contributed by atoms with Crippen molar-refractivity contribution in [1.29, 1.82) is 5.26 Å². The van der Waals surface area contributed by atoms with E-state index in [2.05, 4.69) is 17.5 Å². The van der Waals surface area contributed by atoms with Crippen LogP contribution in [0.15, 0.2) is 18.2 Å². The van der Waals surface area contributed by atoms with E-state index < -0.39 is 0 Å². The predicted octanol–water partition coefficient (Wildman–Crippen LogP) is 2.79. The summed E-state index contributed by atoms with van der Waals surface area (Å²) in [7, 11) is 0. The van der Waals surface area contributed by atoms with E-state index in [0.29, 0.717) is 12.5 Å². The fourth-order valence-corrected chi connectivity index (χ4v) is 4.64. The summed E-state index contributed by atoms with van der Waals surface area (Å²) in [5, 5.41) is 12.5. The second-order valence-electron chi connectivity index (χ2n) is 6.41. The summed E-state index contributed by atoms with van der Waals surface area (Å²) in [6, 6.07) is 8.88. The van der Waals surface area contributed by atoms with E-state index in [1.165, 1.54) is 19.3 Å². The summed E-state index contributed by atoms with van der Waals surface area (Å²) in [5.74, 6) is 3.83. The molecule has 0 aromatic heterocycles. The van der Waals surface area contributed by atoms with Crippen LogP contribution >= 0.6 is 0 Å². The minimum Gasteiger partial charge on any atom is -0.398 e. The fraction of sp³-hybridized carbons (Fsp3) is 0.562. The molecule has 3 heteroatoms. The Morgan fingerprint density at radius 2 is 2.00 bits per heavy atom. The zero-order valence-electron chi connectivity index (χ0n) is 11.0. The van der Waals surface area contributed by atoms with E-state index in [4.69, 9.17) is 11.0 Å². The zero-order valence-corrected chi connectivity index (χ0v) is 11.0. The Hall–Kier alpha value is -1.69. The molecule has 0 heterocycles. The van der Waals surface area contributed by atoms with Gasteiger partial charge in [-0.3, -0.25) is 0 Å². The number of nitrogens with zero attached hydrogens (tertiary/aromatic N) is 1. The lowest BCUT2D eigenvalue weighted by Crippen LogP contribution is -2.13. The third-order valence-electron chi connectivity index (χ3n) is 5.48. The minimum atomic E-state index is 0.393. The van der Waals surface area contributed by atoms with Gasteiger partial charge >= 0.3 is 0 Å². The number of nitrogens with one attached hydrogen (secondary N) is 1. The van der Waals surface area contributed by atoms with E-state index in [1.807, 2.05) is 12.1 Å². The maximum absolute atomic E-state index is 8.81. The van der Waals surface area contributed by atoms with Crippen molar-refractivity contribution in [2.24, 2.45) is 23.7 Å². The van der Waals surface area contributed by atoms with E-state index in [1.54, 1.807) is 0 Å². The SMILES string of the molecule is N#CCc1cc(NC2C3C4CCC(C4)C23)ccc1N. The van der Waals surface area contributed by atoms with Crippen molar-refractivity contribution in [3.8, 4) is 6.07 Å². The number of rotatable bonds is 3. The first-order chi connectivity index (χ1) is 9.28. The number of hydrogen-bond donors (Lipinski definition) is 2. The number of nitrogen functional groups attached to an aromatic ring is 1. The van der Waals surface area contributed by atoms with E-state index in [9.17, 15) is 0 Å². The lowest BCUT2D eigenvalue weighted by Gasteiger charge is -2.13. The zero-order chi connectivity index (χ0) is 13.0. The first kappa shape index (κ1) is 11.2. The summed E-state index contributed by atoms with van der Waals surface area (Å²) >= 11 is 0. The standard InChI is InChI=1S/C16H19N3/c17-6-5-9-8-12(3-4-13(9)18)19-16-14-10-1-2-11(7-10)15(14)16/h3-4,8,10-11,14-16,19H,1-2,5,7,18H2. The molecule has 98 valence electrons. The monoisotopic (exact) mass is 253 g/mol. The van der Waals surface area contributed by atoms with Crippen LogP contribution in [0.2, 0.25) is 0 Å². The Morgan fingerprint density at radius 3 is 2.68 bits per heavy atom. The molecule has 3 saturated carbocycles. The largest absolute Gasteiger partial charge is 0.398 e. The first-order valence-electron chi connectivity index (χ1n) is 7.30. The Kier molecular flexibility index (Phi) is 2.29. The van der Waals surface area contributed by atoms with Crippen molar-refractivity contribution in [3.63, 3.8) is 0 Å². The van der Waals surface area contributed by atoms with Crippen molar-refractivity contribution in [3.05, 3.63) is 23.8 Å². The van der Waals surface area contributed by atoms with Crippen LogP contribution < -0.4 is 11.1 Å². The van der Waals surface area contributed by atoms with E-state index in [0.717, 1.165) is 40.6 Å². The summed E-state index contributed by atoms with van der Waals surface area (Å²) in [5.41, 5.74) is 8.70. The van der Waals surface area contributed by atoms with Gasteiger partial charge in [0, 0.05) is 17.4 Å². The quantitative estimate of drug-likeness (QED) is 0.814. The van der Waals surface area contributed by atoms with Gasteiger partial charge in [-0.05, 0) is 66.7 Å². The molecule has 4 atom stereocenters. The summed E-state index contributed by atoms with van der Waals surface area (Å²) in [4.78, 5) is 0. The first-order valence-corrected chi connectivity index (χ1v) is 7.30. The molecule has 3 aliphatic carbocycles. The smallest absolute Gasteiger partial charge is 0.0670 e. The molecule has 3 N–H and O–H groups in total. The molecule has 4 rings (SSSR count). The lowest BCUT2D eigenvalue weighted by atomic mass is 10.0. The average Bonchev–Trinajstić information content (AvgIpc) is 2.81. The van der Waals surface area contributed by atoms with Crippen LogP contribution in [0.5, 0.6) is 0 Å². The van der Waals surface area contributed by atoms with E-state index in [-0.39, 0.29) is 0 Å². The summed E-state index contributed by atoms with van der Waals surface area (Å²) in [6.45, 7) is 0. The molecule has 4 unspecified atom stereocenters. The van der Waals surface area contributed by atoms with Gasteiger partial charge in [-0.1, -0.05) is 0 Å². The maximum atomic E-state index is 8.81. The number of nitriles is 1. The van der Waals surface area contributed by atoms with Crippen LogP contribution in [0, 0.1) is 35.0 Å². The molecule has 0 radical (unpaired) electrons. The maximum Gasteiger partial charge on any atom is 0.0670 e. The number of nitrogens with two attached hydrogens (primary N) is 1.